The molecule has 6 heteroatoms. The van der Waals surface area contributed by atoms with Crippen molar-refractivity contribution in [3.05, 3.63) is 29.3 Å². The van der Waals surface area contributed by atoms with Crippen LogP contribution in [0.25, 0.3) is 0 Å². The minimum absolute atomic E-state index is 0.152. The highest BCUT2D eigenvalue weighted by Gasteiger charge is 2.34. The van der Waals surface area contributed by atoms with Crippen LogP contribution in [0.1, 0.15) is 13.3 Å². The Morgan fingerprint density at radius 3 is 2.76 bits per heavy atom. The molecule has 1 aromatic carbocycles. The molecule has 0 N–H and O–H groups in total. The van der Waals surface area contributed by atoms with E-state index in [1.807, 2.05) is 0 Å². The van der Waals surface area contributed by atoms with Gasteiger partial charge in [-0.1, -0.05) is 23.7 Å². The first kappa shape index (κ1) is 15.6. The molecule has 1 amide bonds. The van der Waals surface area contributed by atoms with E-state index in [-0.39, 0.29) is 17.8 Å². The molecule has 0 saturated carbocycles. The first-order chi connectivity index (χ1) is 10.0. The van der Waals surface area contributed by atoms with Crippen LogP contribution in [-0.4, -0.2) is 43.1 Å². The van der Waals surface area contributed by atoms with Gasteiger partial charge in [-0.3, -0.25) is 9.59 Å². The molecule has 1 aromatic rings. The van der Waals surface area contributed by atoms with E-state index in [1.54, 1.807) is 36.1 Å². The standard InChI is InChI=1S/C15H18ClNO4/c1-10(21-13-6-4-3-5-12(13)16)14(18)17-8-7-11(9-17)15(19)20-2/h3-6,10-11H,7-9H2,1-2H3. The molecule has 0 bridgehead atoms. The van der Waals surface area contributed by atoms with E-state index in [1.165, 1.54) is 7.11 Å². The molecule has 2 rings (SSSR count). The summed E-state index contributed by atoms with van der Waals surface area (Å²) in [4.78, 5) is 25.4. The van der Waals surface area contributed by atoms with E-state index in [0.29, 0.717) is 30.3 Å². The second kappa shape index (κ2) is 6.80. The van der Waals surface area contributed by atoms with Crippen LogP contribution in [0.4, 0.5) is 0 Å². The lowest BCUT2D eigenvalue weighted by atomic mass is 10.1. The highest BCUT2D eigenvalue weighted by atomic mass is 35.5. The Morgan fingerprint density at radius 2 is 2.10 bits per heavy atom. The number of nitrogens with zero attached hydrogens (tertiary/aromatic N) is 1. The Hall–Kier alpha value is -1.75. The van der Waals surface area contributed by atoms with Gasteiger partial charge in [-0.15, -0.1) is 0 Å². The summed E-state index contributed by atoms with van der Waals surface area (Å²) in [5, 5.41) is 0.464. The zero-order valence-electron chi connectivity index (χ0n) is 12.0. The summed E-state index contributed by atoms with van der Waals surface area (Å²) in [6.07, 6.45) is -0.0293. The molecule has 2 unspecified atom stereocenters. The number of carbonyl (C=O) groups is 2. The van der Waals surface area contributed by atoms with Crippen molar-refractivity contribution in [3.63, 3.8) is 0 Å². The van der Waals surface area contributed by atoms with E-state index in [2.05, 4.69) is 0 Å². The maximum Gasteiger partial charge on any atom is 0.310 e. The minimum atomic E-state index is -0.652. The number of benzene rings is 1. The summed E-state index contributed by atoms with van der Waals surface area (Å²) >= 11 is 6.01. The monoisotopic (exact) mass is 311 g/mol. The van der Waals surface area contributed by atoms with Crippen molar-refractivity contribution < 1.29 is 19.1 Å². The van der Waals surface area contributed by atoms with Crippen LogP contribution in [0.15, 0.2) is 24.3 Å². The maximum atomic E-state index is 12.3. The highest BCUT2D eigenvalue weighted by Crippen LogP contribution is 2.25. The molecule has 1 aliphatic rings. The van der Waals surface area contributed by atoms with Crippen LogP contribution in [-0.2, 0) is 14.3 Å². The van der Waals surface area contributed by atoms with Gasteiger partial charge in [0.25, 0.3) is 5.91 Å². The quantitative estimate of drug-likeness (QED) is 0.799. The van der Waals surface area contributed by atoms with Gasteiger partial charge in [-0.2, -0.15) is 0 Å². The third kappa shape index (κ3) is 3.67. The molecule has 0 aromatic heterocycles. The molecular weight excluding hydrogens is 294 g/mol. The summed E-state index contributed by atoms with van der Waals surface area (Å²) in [6, 6.07) is 7.01. The number of rotatable bonds is 4. The Labute approximate surface area is 128 Å². The van der Waals surface area contributed by atoms with Gasteiger partial charge in [-0.05, 0) is 25.5 Å². The van der Waals surface area contributed by atoms with E-state index < -0.39 is 6.10 Å². The topological polar surface area (TPSA) is 55.8 Å². The fourth-order valence-electron chi connectivity index (χ4n) is 2.36. The van der Waals surface area contributed by atoms with Crippen molar-refractivity contribution in [2.45, 2.75) is 19.4 Å². The van der Waals surface area contributed by atoms with Gasteiger partial charge in [0.1, 0.15) is 5.75 Å². The van der Waals surface area contributed by atoms with Crippen molar-refractivity contribution in [1.82, 2.24) is 4.90 Å². The number of halogens is 1. The number of hydrogen-bond donors (Lipinski definition) is 0. The molecule has 114 valence electrons. The molecule has 1 fully saturated rings. The van der Waals surface area contributed by atoms with Gasteiger partial charge >= 0.3 is 5.97 Å². The predicted molar refractivity (Wildman–Crippen MR) is 78.2 cm³/mol. The van der Waals surface area contributed by atoms with Crippen LogP contribution in [0.2, 0.25) is 5.02 Å². The summed E-state index contributed by atoms with van der Waals surface area (Å²) < 4.78 is 10.3. The molecule has 0 spiro atoms. The van der Waals surface area contributed by atoms with Crippen molar-refractivity contribution in [3.8, 4) is 5.75 Å². The number of amides is 1. The lowest BCUT2D eigenvalue weighted by molar-refractivity contribution is -0.145. The van der Waals surface area contributed by atoms with Gasteiger partial charge in [0.05, 0.1) is 18.1 Å². The highest BCUT2D eigenvalue weighted by molar-refractivity contribution is 6.32. The largest absolute Gasteiger partial charge is 0.479 e. The number of para-hydroxylation sites is 1. The van der Waals surface area contributed by atoms with Gasteiger partial charge < -0.3 is 14.4 Å². The Bertz CT molecular complexity index is 534. The first-order valence-corrected chi connectivity index (χ1v) is 7.18. The Morgan fingerprint density at radius 1 is 1.38 bits per heavy atom. The van der Waals surface area contributed by atoms with Crippen molar-refractivity contribution in [1.29, 1.82) is 0 Å². The van der Waals surface area contributed by atoms with E-state index in [4.69, 9.17) is 21.1 Å². The Kier molecular flexibility index (Phi) is 5.07. The van der Waals surface area contributed by atoms with Crippen LogP contribution >= 0.6 is 11.6 Å². The molecule has 1 aliphatic heterocycles. The molecule has 1 saturated heterocycles. The van der Waals surface area contributed by atoms with Crippen molar-refractivity contribution in [2.75, 3.05) is 20.2 Å². The molecule has 2 atom stereocenters. The summed E-state index contributed by atoms with van der Waals surface area (Å²) in [5.41, 5.74) is 0. The maximum absolute atomic E-state index is 12.3. The van der Waals surface area contributed by atoms with E-state index >= 15 is 0 Å². The summed E-state index contributed by atoms with van der Waals surface area (Å²) in [7, 11) is 1.36. The van der Waals surface area contributed by atoms with Crippen LogP contribution in [0.3, 0.4) is 0 Å². The third-order valence-electron chi connectivity index (χ3n) is 3.52. The average molecular weight is 312 g/mol. The van der Waals surface area contributed by atoms with Gasteiger partial charge in [-0.25, -0.2) is 0 Å². The lowest BCUT2D eigenvalue weighted by Gasteiger charge is -2.22. The molecule has 21 heavy (non-hydrogen) atoms. The zero-order chi connectivity index (χ0) is 15.4. The molecular formula is C15H18ClNO4. The zero-order valence-corrected chi connectivity index (χ0v) is 12.8. The van der Waals surface area contributed by atoms with Crippen LogP contribution < -0.4 is 4.74 Å². The first-order valence-electron chi connectivity index (χ1n) is 6.80. The van der Waals surface area contributed by atoms with E-state index in [0.717, 1.165) is 0 Å². The third-order valence-corrected chi connectivity index (χ3v) is 3.83. The summed E-state index contributed by atoms with van der Waals surface area (Å²) in [6.45, 7) is 2.59. The second-order valence-electron chi connectivity index (χ2n) is 4.98. The normalized spacial score (nSPS) is 19.2. The van der Waals surface area contributed by atoms with Crippen LogP contribution in [0, 0.1) is 5.92 Å². The predicted octanol–water partition coefficient (Wildman–Crippen LogP) is 2.13. The number of carbonyl (C=O) groups excluding carboxylic acids is 2. The SMILES string of the molecule is COC(=O)C1CCN(C(=O)C(C)Oc2ccccc2Cl)C1. The molecule has 0 aliphatic carbocycles. The fourth-order valence-corrected chi connectivity index (χ4v) is 2.54. The second-order valence-corrected chi connectivity index (χ2v) is 5.39. The summed E-state index contributed by atoms with van der Waals surface area (Å²) in [5.74, 6) is -0.193. The van der Waals surface area contributed by atoms with Crippen molar-refractivity contribution >= 4 is 23.5 Å². The number of hydrogen-bond acceptors (Lipinski definition) is 4. The van der Waals surface area contributed by atoms with E-state index in [9.17, 15) is 9.59 Å². The molecule has 1 heterocycles. The Balaban J connectivity index is 1.95. The number of ether oxygens (including phenoxy) is 2. The number of esters is 1. The van der Waals surface area contributed by atoms with Gasteiger partial charge in [0.2, 0.25) is 0 Å². The lowest BCUT2D eigenvalue weighted by Crippen LogP contribution is -2.39. The van der Waals surface area contributed by atoms with Crippen LogP contribution in [0.5, 0.6) is 5.75 Å². The fraction of sp³-hybridized carbons (Fsp3) is 0.467. The number of methoxy groups -OCH3 is 1. The number of likely N-dealkylation sites (tertiary alicyclic amines) is 1. The molecule has 5 nitrogen and oxygen atoms in total. The smallest absolute Gasteiger partial charge is 0.310 e. The van der Waals surface area contributed by atoms with Gasteiger partial charge in [0.15, 0.2) is 6.10 Å². The molecule has 0 radical (unpaired) electrons. The van der Waals surface area contributed by atoms with Gasteiger partial charge in [0, 0.05) is 13.1 Å². The van der Waals surface area contributed by atoms with Crippen molar-refractivity contribution in [2.24, 2.45) is 5.92 Å². The minimum Gasteiger partial charge on any atom is -0.479 e. The average Bonchev–Trinajstić information content (AvgIpc) is 2.97.